The molecule has 0 radical (unpaired) electrons. The molecule has 1 saturated carbocycles. The molecule has 3 amide bonds. The zero-order valence-corrected chi connectivity index (χ0v) is 16.7. The van der Waals surface area contributed by atoms with Crippen molar-refractivity contribution in [3.05, 3.63) is 34.9 Å². The summed E-state index contributed by atoms with van der Waals surface area (Å²) in [5.41, 5.74) is 9.50. The van der Waals surface area contributed by atoms with Crippen LogP contribution in [0.25, 0.3) is 0 Å². The van der Waals surface area contributed by atoms with Crippen LogP contribution >= 0.6 is 0 Å². The minimum Gasteiger partial charge on any atom is -0.327 e. The van der Waals surface area contributed by atoms with Crippen molar-refractivity contribution in [2.45, 2.75) is 63.7 Å². The number of benzene rings is 1. The average Bonchev–Trinajstić information content (AvgIpc) is 2.96. The summed E-state index contributed by atoms with van der Waals surface area (Å²) in [5, 5.41) is 2.35. The lowest BCUT2D eigenvalue weighted by Gasteiger charge is -2.51. The number of nitrogens with two attached hydrogens (primary N) is 1. The van der Waals surface area contributed by atoms with Gasteiger partial charge in [-0.2, -0.15) is 0 Å². The molecule has 154 valence electrons. The van der Waals surface area contributed by atoms with Crippen molar-refractivity contribution in [3.8, 4) is 0 Å². The second-order valence-electron chi connectivity index (χ2n) is 9.38. The minimum atomic E-state index is -0.561. The number of piperidine rings is 2. The van der Waals surface area contributed by atoms with Crippen LogP contribution in [0.4, 0.5) is 0 Å². The fourth-order valence-electron chi connectivity index (χ4n) is 5.67. The smallest absolute Gasteiger partial charge is 0.255 e. The second kappa shape index (κ2) is 6.92. The topological polar surface area (TPSA) is 95.7 Å². The van der Waals surface area contributed by atoms with Crippen molar-refractivity contribution in [1.82, 2.24) is 15.1 Å². The number of hydrogen-bond donors (Lipinski definition) is 2. The Labute approximate surface area is 170 Å². The largest absolute Gasteiger partial charge is 0.327 e. The van der Waals surface area contributed by atoms with Gasteiger partial charge in [0.25, 0.3) is 5.91 Å². The van der Waals surface area contributed by atoms with Crippen LogP contribution in [0.15, 0.2) is 18.2 Å². The second-order valence-corrected chi connectivity index (χ2v) is 9.38. The van der Waals surface area contributed by atoms with E-state index in [0.717, 1.165) is 37.2 Å². The van der Waals surface area contributed by atoms with Gasteiger partial charge in [0.15, 0.2) is 0 Å². The summed E-state index contributed by atoms with van der Waals surface area (Å²) in [6.45, 7) is 3.22. The van der Waals surface area contributed by atoms with Crippen molar-refractivity contribution in [2.24, 2.45) is 11.1 Å². The van der Waals surface area contributed by atoms with Crippen LogP contribution in [0.5, 0.6) is 0 Å². The van der Waals surface area contributed by atoms with E-state index in [1.807, 2.05) is 12.1 Å². The van der Waals surface area contributed by atoms with E-state index in [4.69, 9.17) is 5.73 Å². The van der Waals surface area contributed by atoms with E-state index in [1.54, 1.807) is 4.90 Å². The predicted octanol–water partition coefficient (Wildman–Crippen LogP) is 1.15. The number of likely N-dealkylation sites (tertiary alicyclic amines) is 1. The molecular weight excluding hydrogens is 368 g/mol. The van der Waals surface area contributed by atoms with Crippen LogP contribution in [-0.4, -0.2) is 52.7 Å². The Morgan fingerprint density at radius 1 is 1.21 bits per heavy atom. The monoisotopic (exact) mass is 396 g/mol. The standard InChI is InChI=1S/C22H28N4O3/c23-16-9-22(6-1-7-22)13-25(12-16)10-14-2-3-15-11-26(21(29)17(15)8-14)18-4-5-19(27)24-20(18)28/h2-3,8,16,18H,1,4-7,9-13,23H2,(H,24,27,28). The Morgan fingerprint density at radius 2 is 2.03 bits per heavy atom. The molecule has 3 fully saturated rings. The molecule has 29 heavy (non-hydrogen) atoms. The summed E-state index contributed by atoms with van der Waals surface area (Å²) >= 11 is 0. The van der Waals surface area contributed by atoms with Crippen LogP contribution in [0, 0.1) is 5.41 Å². The Hall–Kier alpha value is -2.25. The van der Waals surface area contributed by atoms with Crippen molar-refractivity contribution in [1.29, 1.82) is 0 Å². The Kier molecular flexibility index (Phi) is 4.47. The molecule has 0 aromatic heterocycles. The van der Waals surface area contributed by atoms with Gasteiger partial charge in [0.05, 0.1) is 0 Å². The fourth-order valence-corrected chi connectivity index (χ4v) is 5.67. The molecular formula is C22H28N4O3. The Balaban J connectivity index is 1.30. The molecule has 7 nitrogen and oxygen atoms in total. The van der Waals surface area contributed by atoms with Crippen molar-refractivity contribution >= 4 is 17.7 Å². The van der Waals surface area contributed by atoms with Gasteiger partial charge in [0.2, 0.25) is 11.8 Å². The summed E-state index contributed by atoms with van der Waals surface area (Å²) in [5.74, 6) is -0.737. The number of amides is 3. The number of carbonyl (C=O) groups is 3. The lowest BCUT2D eigenvalue weighted by molar-refractivity contribution is -0.136. The number of nitrogens with zero attached hydrogens (tertiary/aromatic N) is 2. The first-order chi connectivity index (χ1) is 13.9. The molecule has 1 aromatic rings. The van der Waals surface area contributed by atoms with Crippen LogP contribution in [0.3, 0.4) is 0 Å². The third kappa shape index (κ3) is 3.36. The van der Waals surface area contributed by atoms with Gasteiger partial charge in [-0.25, -0.2) is 0 Å². The summed E-state index contributed by atoms with van der Waals surface area (Å²) in [6, 6.07) is 5.75. The molecule has 7 heteroatoms. The lowest BCUT2D eigenvalue weighted by Crippen LogP contribution is -2.54. The van der Waals surface area contributed by atoms with Gasteiger partial charge in [-0.05, 0) is 48.3 Å². The van der Waals surface area contributed by atoms with Crippen LogP contribution < -0.4 is 11.1 Å². The zero-order chi connectivity index (χ0) is 20.2. The van der Waals surface area contributed by atoms with Gasteiger partial charge in [-0.1, -0.05) is 18.6 Å². The van der Waals surface area contributed by atoms with Gasteiger partial charge < -0.3 is 10.6 Å². The molecule has 2 unspecified atom stereocenters. The van der Waals surface area contributed by atoms with Gasteiger partial charge >= 0.3 is 0 Å². The predicted molar refractivity (Wildman–Crippen MR) is 107 cm³/mol. The molecule has 4 aliphatic rings. The molecule has 1 spiro atoms. The number of imide groups is 1. The molecule has 1 aromatic carbocycles. The SMILES string of the molecule is NC1CN(Cc2ccc3c(c2)C(=O)N(C2CCC(=O)NC2=O)C3)CC2(CCC2)C1. The zero-order valence-electron chi connectivity index (χ0n) is 16.7. The highest BCUT2D eigenvalue weighted by Gasteiger charge is 2.43. The average molecular weight is 396 g/mol. The van der Waals surface area contributed by atoms with Gasteiger partial charge in [0.1, 0.15) is 6.04 Å². The van der Waals surface area contributed by atoms with Crippen molar-refractivity contribution in [2.75, 3.05) is 13.1 Å². The van der Waals surface area contributed by atoms with E-state index < -0.39 is 6.04 Å². The van der Waals surface area contributed by atoms with Crippen LogP contribution in [-0.2, 0) is 22.7 Å². The first kappa shape index (κ1) is 18.8. The quantitative estimate of drug-likeness (QED) is 0.748. The summed E-state index contributed by atoms with van der Waals surface area (Å²) in [4.78, 5) is 40.7. The number of fused-ring (bicyclic) bond motifs is 1. The number of hydrogen-bond acceptors (Lipinski definition) is 5. The molecule has 5 rings (SSSR count). The summed E-state index contributed by atoms with van der Waals surface area (Å²) < 4.78 is 0. The first-order valence-electron chi connectivity index (χ1n) is 10.7. The van der Waals surface area contributed by atoms with Crippen molar-refractivity contribution < 1.29 is 14.4 Å². The summed E-state index contributed by atoms with van der Waals surface area (Å²) in [7, 11) is 0. The third-order valence-electron chi connectivity index (χ3n) is 7.16. The fraction of sp³-hybridized carbons (Fsp3) is 0.591. The molecule has 3 heterocycles. The highest BCUT2D eigenvalue weighted by atomic mass is 16.2. The van der Waals surface area contributed by atoms with Gasteiger partial charge in [-0.15, -0.1) is 0 Å². The van der Waals surface area contributed by atoms with Crippen molar-refractivity contribution in [3.63, 3.8) is 0 Å². The van der Waals surface area contributed by atoms with Gasteiger partial charge in [-0.3, -0.25) is 24.6 Å². The highest BCUT2D eigenvalue weighted by Crippen LogP contribution is 2.47. The third-order valence-corrected chi connectivity index (χ3v) is 7.16. The molecule has 3 aliphatic heterocycles. The Bertz CT molecular complexity index is 879. The Morgan fingerprint density at radius 3 is 2.76 bits per heavy atom. The molecule has 2 saturated heterocycles. The lowest BCUT2D eigenvalue weighted by atomic mass is 9.63. The number of nitrogens with one attached hydrogen (secondary N) is 1. The van der Waals surface area contributed by atoms with Crippen LogP contribution in [0.1, 0.15) is 60.0 Å². The number of rotatable bonds is 3. The maximum Gasteiger partial charge on any atom is 0.255 e. The van der Waals surface area contributed by atoms with Crippen LogP contribution in [0.2, 0.25) is 0 Å². The highest BCUT2D eigenvalue weighted by molar-refractivity contribution is 6.05. The first-order valence-corrected chi connectivity index (χ1v) is 10.7. The van der Waals surface area contributed by atoms with E-state index in [-0.39, 0.29) is 30.2 Å². The van der Waals surface area contributed by atoms with E-state index >= 15 is 0 Å². The minimum absolute atomic E-state index is 0.109. The van der Waals surface area contributed by atoms with E-state index in [0.29, 0.717) is 23.9 Å². The number of carbonyl (C=O) groups excluding carboxylic acids is 3. The van der Waals surface area contributed by atoms with Gasteiger partial charge in [0, 0.05) is 44.2 Å². The van der Waals surface area contributed by atoms with E-state index in [9.17, 15) is 14.4 Å². The maximum atomic E-state index is 13.0. The summed E-state index contributed by atoms with van der Waals surface area (Å²) in [6.07, 6.45) is 5.67. The maximum absolute atomic E-state index is 13.0. The van der Waals surface area contributed by atoms with E-state index in [1.165, 1.54) is 19.3 Å². The molecule has 1 aliphatic carbocycles. The van der Waals surface area contributed by atoms with E-state index in [2.05, 4.69) is 16.3 Å². The normalized spacial score (nSPS) is 29.0. The molecule has 2 atom stereocenters. The molecule has 3 N–H and O–H groups in total. The molecule has 0 bridgehead atoms.